The third-order valence-corrected chi connectivity index (χ3v) is 6.12. The number of hydrogen-bond donors (Lipinski definition) is 1. The highest BCUT2D eigenvalue weighted by molar-refractivity contribution is 6.13. The van der Waals surface area contributed by atoms with Gasteiger partial charge in [-0.05, 0) is 44.9 Å². The second-order valence-electron chi connectivity index (χ2n) is 8.48. The molecule has 164 valence electrons. The standard InChI is InChI=1S/C26H27N3O3/c1-17(2)29-18(3)15-22(19(29)4)23(30)16-28-24(31)26(27-25(28)32,20-11-7-5-8-12-20)21-13-9-6-10-14-21/h5-15,17H,16H2,1-4H3,(H,27,32). The molecule has 0 bridgehead atoms. The summed E-state index contributed by atoms with van der Waals surface area (Å²) in [6.07, 6.45) is 0. The van der Waals surface area contributed by atoms with Crippen molar-refractivity contribution < 1.29 is 14.4 Å². The summed E-state index contributed by atoms with van der Waals surface area (Å²) in [5.74, 6) is -0.712. The van der Waals surface area contributed by atoms with E-state index < -0.39 is 17.5 Å². The van der Waals surface area contributed by atoms with Crippen LogP contribution in [0, 0.1) is 13.8 Å². The molecule has 2 heterocycles. The number of nitrogens with zero attached hydrogens (tertiary/aromatic N) is 2. The summed E-state index contributed by atoms with van der Waals surface area (Å²) in [5.41, 5.74) is 2.28. The molecule has 1 aliphatic rings. The average molecular weight is 430 g/mol. The van der Waals surface area contributed by atoms with E-state index in [1.807, 2.05) is 80.6 Å². The van der Waals surface area contributed by atoms with Crippen LogP contribution in [-0.2, 0) is 10.3 Å². The highest BCUT2D eigenvalue weighted by atomic mass is 16.2. The number of ketones is 1. The molecule has 3 amide bonds. The SMILES string of the molecule is Cc1cc(C(=O)CN2C(=O)NC(c3ccccc3)(c3ccccc3)C2=O)c(C)n1C(C)C. The van der Waals surface area contributed by atoms with Crippen LogP contribution < -0.4 is 5.32 Å². The zero-order valence-electron chi connectivity index (χ0n) is 18.8. The Balaban J connectivity index is 1.72. The quantitative estimate of drug-likeness (QED) is 0.467. The number of aromatic nitrogens is 1. The van der Waals surface area contributed by atoms with Crippen molar-refractivity contribution in [2.75, 3.05) is 6.54 Å². The van der Waals surface area contributed by atoms with Crippen LogP contribution in [0.3, 0.4) is 0 Å². The number of carbonyl (C=O) groups excluding carboxylic acids is 3. The van der Waals surface area contributed by atoms with Crippen LogP contribution in [0.1, 0.15) is 52.8 Å². The molecule has 3 aromatic rings. The molecule has 0 aliphatic carbocycles. The third-order valence-electron chi connectivity index (χ3n) is 6.12. The number of amides is 3. The maximum Gasteiger partial charge on any atom is 0.325 e. The Morgan fingerprint density at radius 3 is 1.94 bits per heavy atom. The highest BCUT2D eigenvalue weighted by Crippen LogP contribution is 2.36. The van der Waals surface area contributed by atoms with Crippen molar-refractivity contribution in [3.05, 3.63) is 94.8 Å². The number of benzene rings is 2. The summed E-state index contributed by atoms with van der Waals surface area (Å²) in [4.78, 5) is 41.0. The molecule has 0 unspecified atom stereocenters. The third kappa shape index (κ3) is 3.32. The van der Waals surface area contributed by atoms with Gasteiger partial charge in [-0.1, -0.05) is 60.7 Å². The number of imide groups is 1. The van der Waals surface area contributed by atoms with Gasteiger partial charge in [0.25, 0.3) is 5.91 Å². The first-order valence-corrected chi connectivity index (χ1v) is 10.7. The lowest BCUT2D eigenvalue weighted by Gasteiger charge is -2.28. The minimum Gasteiger partial charge on any atom is -0.346 e. The number of urea groups is 1. The molecular weight excluding hydrogens is 402 g/mol. The second-order valence-corrected chi connectivity index (χ2v) is 8.48. The fourth-order valence-corrected chi connectivity index (χ4v) is 4.74. The summed E-state index contributed by atoms with van der Waals surface area (Å²) < 4.78 is 2.08. The number of hydrogen-bond acceptors (Lipinski definition) is 3. The van der Waals surface area contributed by atoms with Gasteiger partial charge < -0.3 is 9.88 Å². The van der Waals surface area contributed by atoms with Crippen molar-refractivity contribution in [3.63, 3.8) is 0 Å². The Kier molecular flexibility index (Phi) is 5.46. The Morgan fingerprint density at radius 1 is 0.938 bits per heavy atom. The van der Waals surface area contributed by atoms with Gasteiger partial charge in [0.15, 0.2) is 11.3 Å². The Hall–Kier alpha value is -3.67. The van der Waals surface area contributed by atoms with Crippen molar-refractivity contribution >= 4 is 17.7 Å². The molecule has 32 heavy (non-hydrogen) atoms. The average Bonchev–Trinajstić information content (AvgIpc) is 3.23. The number of Topliss-reactive ketones (excluding diaryl/α,β-unsaturated/α-hetero) is 1. The van der Waals surface area contributed by atoms with Crippen molar-refractivity contribution in [2.24, 2.45) is 0 Å². The van der Waals surface area contributed by atoms with Gasteiger partial charge in [-0.3, -0.25) is 14.5 Å². The van der Waals surface area contributed by atoms with Crippen molar-refractivity contribution in [1.29, 1.82) is 0 Å². The molecule has 1 N–H and O–H groups in total. The van der Waals surface area contributed by atoms with Gasteiger partial charge in [0.2, 0.25) is 0 Å². The summed E-state index contributed by atoms with van der Waals surface area (Å²) in [5, 5.41) is 2.89. The number of nitrogens with one attached hydrogen (secondary N) is 1. The smallest absolute Gasteiger partial charge is 0.325 e. The number of carbonyl (C=O) groups is 3. The van der Waals surface area contributed by atoms with Gasteiger partial charge in [-0.15, -0.1) is 0 Å². The van der Waals surface area contributed by atoms with Crippen molar-refractivity contribution in [3.8, 4) is 0 Å². The minimum atomic E-state index is -1.37. The van der Waals surface area contributed by atoms with E-state index in [-0.39, 0.29) is 18.4 Å². The Bertz CT molecular complexity index is 1140. The van der Waals surface area contributed by atoms with E-state index in [0.717, 1.165) is 16.3 Å². The van der Waals surface area contributed by atoms with Crippen LogP contribution in [0.25, 0.3) is 0 Å². The van der Waals surface area contributed by atoms with E-state index in [4.69, 9.17) is 0 Å². The van der Waals surface area contributed by atoms with Crippen LogP contribution in [0.2, 0.25) is 0 Å². The van der Waals surface area contributed by atoms with Crippen molar-refractivity contribution in [2.45, 2.75) is 39.3 Å². The fraction of sp³-hybridized carbons (Fsp3) is 0.269. The lowest BCUT2D eigenvalue weighted by atomic mass is 9.82. The summed E-state index contributed by atoms with van der Waals surface area (Å²) in [7, 11) is 0. The molecule has 1 aliphatic heterocycles. The van der Waals surface area contributed by atoms with E-state index in [2.05, 4.69) is 23.7 Å². The van der Waals surface area contributed by atoms with Gasteiger partial charge >= 0.3 is 6.03 Å². The second kappa shape index (κ2) is 8.11. The van der Waals surface area contributed by atoms with E-state index in [1.165, 1.54) is 0 Å². The molecule has 6 nitrogen and oxygen atoms in total. The van der Waals surface area contributed by atoms with Crippen LogP contribution in [0.5, 0.6) is 0 Å². The first kappa shape index (κ1) is 21.6. The van der Waals surface area contributed by atoms with Crippen molar-refractivity contribution in [1.82, 2.24) is 14.8 Å². The first-order chi connectivity index (χ1) is 15.3. The Morgan fingerprint density at radius 2 is 1.47 bits per heavy atom. The maximum atomic E-state index is 13.8. The topological polar surface area (TPSA) is 71.4 Å². The first-order valence-electron chi connectivity index (χ1n) is 10.7. The number of aryl methyl sites for hydroxylation is 1. The summed E-state index contributed by atoms with van der Waals surface area (Å²) in [6.45, 7) is 7.64. The van der Waals surface area contributed by atoms with Gasteiger partial charge in [0, 0.05) is 23.0 Å². The van der Waals surface area contributed by atoms with Crippen LogP contribution in [-0.4, -0.2) is 33.7 Å². The monoisotopic (exact) mass is 429 g/mol. The predicted octanol–water partition coefficient (Wildman–Crippen LogP) is 4.36. The molecule has 6 heteroatoms. The van der Waals surface area contributed by atoms with Gasteiger partial charge in [0.05, 0.1) is 6.54 Å². The molecule has 2 aromatic carbocycles. The van der Waals surface area contributed by atoms with Gasteiger partial charge in [0.1, 0.15) is 0 Å². The van der Waals surface area contributed by atoms with E-state index in [9.17, 15) is 14.4 Å². The largest absolute Gasteiger partial charge is 0.346 e. The minimum absolute atomic E-state index is 0.206. The fourth-order valence-electron chi connectivity index (χ4n) is 4.74. The Labute approximate surface area is 187 Å². The molecule has 0 saturated carbocycles. The van der Waals surface area contributed by atoms with Crippen LogP contribution in [0.4, 0.5) is 4.79 Å². The lowest BCUT2D eigenvalue weighted by molar-refractivity contribution is -0.129. The molecule has 1 saturated heterocycles. The van der Waals surface area contributed by atoms with Crippen LogP contribution in [0.15, 0.2) is 66.7 Å². The zero-order valence-corrected chi connectivity index (χ0v) is 18.8. The highest BCUT2D eigenvalue weighted by Gasteiger charge is 2.54. The molecule has 0 spiro atoms. The molecule has 0 atom stereocenters. The molecule has 4 rings (SSSR count). The van der Waals surface area contributed by atoms with Crippen LogP contribution >= 0.6 is 0 Å². The lowest BCUT2D eigenvalue weighted by Crippen LogP contribution is -2.45. The molecule has 0 radical (unpaired) electrons. The molecular formula is C26H27N3O3. The van der Waals surface area contributed by atoms with E-state index >= 15 is 0 Å². The van der Waals surface area contributed by atoms with E-state index in [1.54, 1.807) is 0 Å². The predicted molar refractivity (Wildman–Crippen MR) is 123 cm³/mol. The normalized spacial score (nSPS) is 15.3. The van der Waals surface area contributed by atoms with Gasteiger partial charge in [-0.2, -0.15) is 0 Å². The van der Waals surface area contributed by atoms with E-state index in [0.29, 0.717) is 16.7 Å². The summed E-state index contributed by atoms with van der Waals surface area (Å²) in [6, 6.07) is 19.7. The zero-order chi connectivity index (χ0) is 23.0. The number of rotatable bonds is 6. The molecule has 1 aromatic heterocycles. The van der Waals surface area contributed by atoms with Gasteiger partial charge in [-0.25, -0.2) is 4.79 Å². The summed E-state index contributed by atoms with van der Waals surface area (Å²) >= 11 is 0. The molecule has 1 fully saturated rings. The maximum absolute atomic E-state index is 13.8.